The van der Waals surface area contributed by atoms with Gasteiger partial charge in [0.05, 0.1) is 5.52 Å². The second kappa shape index (κ2) is 4.58. The number of pyridine rings is 1. The molecule has 1 aromatic heterocycles. The Morgan fingerprint density at radius 2 is 2.17 bits per heavy atom. The third kappa shape index (κ3) is 2.06. The zero-order valence-corrected chi connectivity index (χ0v) is 11.0. The first-order chi connectivity index (χ1) is 8.74. The topological polar surface area (TPSA) is 28.2 Å². The summed E-state index contributed by atoms with van der Waals surface area (Å²) in [5.74, 6) is 0. The van der Waals surface area contributed by atoms with Gasteiger partial charge in [-0.1, -0.05) is 18.2 Å². The lowest BCUT2D eigenvalue weighted by atomic mass is 10.1. The van der Waals surface area contributed by atoms with Crippen LogP contribution < -0.4 is 10.2 Å². The van der Waals surface area contributed by atoms with Crippen molar-refractivity contribution in [1.29, 1.82) is 0 Å². The van der Waals surface area contributed by atoms with Crippen LogP contribution in [0.5, 0.6) is 0 Å². The van der Waals surface area contributed by atoms with Crippen LogP contribution in [-0.4, -0.2) is 30.7 Å². The third-order valence-electron chi connectivity index (χ3n) is 3.53. The summed E-state index contributed by atoms with van der Waals surface area (Å²) in [4.78, 5) is 7.08. The van der Waals surface area contributed by atoms with Crippen molar-refractivity contribution in [2.75, 3.05) is 24.5 Å². The van der Waals surface area contributed by atoms with Crippen molar-refractivity contribution >= 4 is 16.6 Å². The Morgan fingerprint density at radius 1 is 1.33 bits per heavy atom. The highest BCUT2D eigenvalue weighted by atomic mass is 15.2. The molecule has 1 unspecified atom stereocenters. The number of nitrogens with zero attached hydrogens (tertiary/aromatic N) is 2. The van der Waals surface area contributed by atoms with Crippen LogP contribution in [-0.2, 0) is 0 Å². The molecule has 1 fully saturated rings. The van der Waals surface area contributed by atoms with Gasteiger partial charge in [-0.15, -0.1) is 0 Å². The van der Waals surface area contributed by atoms with Crippen molar-refractivity contribution in [2.24, 2.45) is 0 Å². The van der Waals surface area contributed by atoms with Gasteiger partial charge < -0.3 is 10.2 Å². The predicted molar refractivity (Wildman–Crippen MR) is 76.2 cm³/mol. The van der Waals surface area contributed by atoms with Crippen molar-refractivity contribution in [2.45, 2.75) is 19.9 Å². The van der Waals surface area contributed by atoms with E-state index in [4.69, 9.17) is 0 Å². The molecule has 1 aliphatic heterocycles. The summed E-state index contributed by atoms with van der Waals surface area (Å²) in [6.07, 6.45) is 0. The average Bonchev–Trinajstić information content (AvgIpc) is 2.37. The molecule has 3 heteroatoms. The maximum absolute atomic E-state index is 4.61. The Kier molecular flexibility index (Phi) is 2.92. The van der Waals surface area contributed by atoms with Crippen LogP contribution >= 0.6 is 0 Å². The largest absolute Gasteiger partial charge is 0.368 e. The van der Waals surface area contributed by atoms with Gasteiger partial charge in [0.25, 0.3) is 0 Å². The van der Waals surface area contributed by atoms with E-state index >= 15 is 0 Å². The van der Waals surface area contributed by atoms with Crippen LogP contribution in [0, 0.1) is 6.92 Å². The molecule has 0 saturated carbocycles. The number of para-hydroxylation sites is 1. The summed E-state index contributed by atoms with van der Waals surface area (Å²) < 4.78 is 0. The Labute approximate surface area is 108 Å². The van der Waals surface area contributed by atoms with Gasteiger partial charge in [-0.3, -0.25) is 4.98 Å². The summed E-state index contributed by atoms with van der Waals surface area (Å²) in [6.45, 7) is 7.49. The third-order valence-corrected chi connectivity index (χ3v) is 3.53. The molecule has 1 aliphatic rings. The molecule has 0 radical (unpaired) electrons. The Morgan fingerprint density at radius 3 is 3.00 bits per heavy atom. The fraction of sp³-hybridized carbons (Fsp3) is 0.400. The quantitative estimate of drug-likeness (QED) is 0.830. The van der Waals surface area contributed by atoms with E-state index in [1.807, 2.05) is 0 Å². The molecule has 0 bridgehead atoms. The molecule has 3 nitrogen and oxygen atoms in total. The number of rotatable bonds is 1. The van der Waals surface area contributed by atoms with Crippen LogP contribution in [0.4, 0.5) is 5.69 Å². The second-order valence-corrected chi connectivity index (χ2v) is 5.10. The molecule has 2 heterocycles. The zero-order valence-electron chi connectivity index (χ0n) is 11.0. The Bertz CT molecular complexity index is 565. The Balaban J connectivity index is 2.09. The second-order valence-electron chi connectivity index (χ2n) is 5.10. The first kappa shape index (κ1) is 11.5. The minimum Gasteiger partial charge on any atom is -0.368 e. The molecule has 2 aromatic rings. The van der Waals surface area contributed by atoms with Crippen LogP contribution in [0.1, 0.15) is 12.6 Å². The van der Waals surface area contributed by atoms with E-state index in [0.29, 0.717) is 6.04 Å². The highest BCUT2D eigenvalue weighted by Gasteiger charge is 2.18. The fourth-order valence-corrected chi connectivity index (χ4v) is 2.70. The van der Waals surface area contributed by atoms with Gasteiger partial charge in [0.2, 0.25) is 0 Å². The van der Waals surface area contributed by atoms with Crippen LogP contribution in [0.3, 0.4) is 0 Å². The summed E-state index contributed by atoms with van der Waals surface area (Å²) >= 11 is 0. The van der Waals surface area contributed by atoms with Gasteiger partial charge in [0.15, 0.2) is 0 Å². The highest BCUT2D eigenvalue weighted by molar-refractivity contribution is 5.92. The molecule has 3 rings (SSSR count). The first-order valence-electron chi connectivity index (χ1n) is 6.59. The molecule has 1 saturated heterocycles. The van der Waals surface area contributed by atoms with E-state index in [1.165, 1.54) is 11.1 Å². The number of hydrogen-bond donors (Lipinski definition) is 1. The smallest absolute Gasteiger partial charge is 0.0726 e. The maximum atomic E-state index is 4.61. The van der Waals surface area contributed by atoms with E-state index < -0.39 is 0 Å². The van der Waals surface area contributed by atoms with Crippen molar-refractivity contribution in [3.05, 3.63) is 36.0 Å². The minimum atomic E-state index is 0.547. The molecular weight excluding hydrogens is 222 g/mol. The maximum Gasteiger partial charge on any atom is 0.0726 e. The first-order valence-corrected chi connectivity index (χ1v) is 6.59. The molecule has 0 amide bonds. The molecule has 94 valence electrons. The number of benzene rings is 1. The van der Waals surface area contributed by atoms with Crippen LogP contribution in [0.15, 0.2) is 30.3 Å². The molecule has 1 aromatic carbocycles. The fourth-order valence-electron chi connectivity index (χ4n) is 2.70. The Hall–Kier alpha value is -1.61. The number of anilines is 1. The number of hydrogen-bond acceptors (Lipinski definition) is 3. The summed E-state index contributed by atoms with van der Waals surface area (Å²) in [5.41, 5.74) is 3.51. The van der Waals surface area contributed by atoms with E-state index in [2.05, 4.69) is 59.4 Å². The van der Waals surface area contributed by atoms with Crippen molar-refractivity contribution < 1.29 is 0 Å². The molecular formula is C15H19N3. The zero-order chi connectivity index (χ0) is 12.5. The molecule has 0 spiro atoms. The highest BCUT2D eigenvalue weighted by Crippen LogP contribution is 2.27. The molecule has 18 heavy (non-hydrogen) atoms. The van der Waals surface area contributed by atoms with Gasteiger partial charge in [0, 0.05) is 42.4 Å². The van der Waals surface area contributed by atoms with Gasteiger partial charge in [-0.2, -0.15) is 0 Å². The van der Waals surface area contributed by atoms with E-state index in [-0.39, 0.29) is 0 Å². The van der Waals surface area contributed by atoms with Gasteiger partial charge in [0.1, 0.15) is 0 Å². The van der Waals surface area contributed by atoms with Crippen molar-refractivity contribution in [1.82, 2.24) is 10.3 Å². The molecule has 1 N–H and O–H groups in total. The average molecular weight is 241 g/mol. The van der Waals surface area contributed by atoms with Gasteiger partial charge >= 0.3 is 0 Å². The number of piperazine rings is 1. The van der Waals surface area contributed by atoms with Crippen LogP contribution in [0.2, 0.25) is 0 Å². The predicted octanol–water partition coefficient (Wildman–Crippen LogP) is 2.34. The summed E-state index contributed by atoms with van der Waals surface area (Å²) in [5, 5.41) is 4.75. The van der Waals surface area contributed by atoms with Crippen LogP contribution in [0.25, 0.3) is 10.9 Å². The number of aryl methyl sites for hydroxylation is 1. The van der Waals surface area contributed by atoms with Crippen molar-refractivity contribution in [3.63, 3.8) is 0 Å². The number of nitrogens with one attached hydrogen (secondary N) is 1. The summed E-state index contributed by atoms with van der Waals surface area (Å²) in [6, 6.07) is 11.2. The molecule has 1 atom stereocenters. The lowest BCUT2D eigenvalue weighted by molar-refractivity contribution is 0.485. The standard InChI is InChI=1S/C15H19N3/c1-11-9-15(18-8-7-16-12(2)10-18)13-5-3-4-6-14(13)17-11/h3-6,9,12,16H,7-8,10H2,1-2H3. The monoisotopic (exact) mass is 241 g/mol. The number of aromatic nitrogens is 1. The lowest BCUT2D eigenvalue weighted by Gasteiger charge is -2.34. The molecule has 0 aliphatic carbocycles. The SMILES string of the molecule is Cc1cc(N2CCNC(C)C2)c2ccccc2n1. The van der Waals surface area contributed by atoms with Gasteiger partial charge in [-0.05, 0) is 26.0 Å². The summed E-state index contributed by atoms with van der Waals surface area (Å²) in [7, 11) is 0. The van der Waals surface area contributed by atoms with E-state index in [1.54, 1.807) is 0 Å². The van der Waals surface area contributed by atoms with Gasteiger partial charge in [-0.25, -0.2) is 0 Å². The van der Waals surface area contributed by atoms with E-state index in [9.17, 15) is 0 Å². The van der Waals surface area contributed by atoms with E-state index in [0.717, 1.165) is 30.8 Å². The normalized spacial score (nSPS) is 20.3. The number of fused-ring (bicyclic) bond motifs is 1. The van der Waals surface area contributed by atoms with Crippen molar-refractivity contribution in [3.8, 4) is 0 Å². The lowest BCUT2D eigenvalue weighted by Crippen LogP contribution is -2.49. The minimum absolute atomic E-state index is 0.547.